The molecule has 4 nitrogen and oxygen atoms in total. The average Bonchev–Trinajstić information content (AvgIpc) is 2.51. The van der Waals surface area contributed by atoms with E-state index in [2.05, 4.69) is 21.2 Å². The van der Waals surface area contributed by atoms with Gasteiger partial charge in [-0.15, -0.1) is 0 Å². The molecule has 0 aromatic heterocycles. The molecular formula is C17H18BrNO3. The van der Waals surface area contributed by atoms with Crippen molar-refractivity contribution in [3.63, 3.8) is 0 Å². The molecule has 0 heterocycles. The number of carbonyl (C=O) groups excluding carboxylic acids is 1. The van der Waals surface area contributed by atoms with Crippen molar-refractivity contribution in [2.75, 3.05) is 11.9 Å². The molecule has 1 atom stereocenters. The summed E-state index contributed by atoms with van der Waals surface area (Å²) in [7, 11) is 0. The number of ether oxygens (including phenoxy) is 2. The first-order chi connectivity index (χ1) is 10.6. The Labute approximate surface area is 138 Å². The summed E-state index contributed by atoms with van der Waals surface area (Å²) in [6.07, 6.45) is -0.590. The molecule has 5 heteroatoms. The standard InChI is InChI=1S/C17H18BrNO3/c1-3-21-15-10-6-14(7-11-15)19-17(20)12(2)22-16-8-4-13(18)5-9-16/h4-12H,3H2,1-2H3,(H,19,20)/t12-/m0/s1. The summed E-state index contributed by atoms with van der Waals surface area (Å²) in [4.78, 5) is 12.1. The maximum atomic E-state index is 12.1. The van der Waals surface area contributed by atoms with Crippen LogP contribution in [-0.4, -0.2) is 18.6 Å². The highest BCUT2D eigenvalue weighted by Gasteiger charge is 2.14. The molecule has 0 aliphatic rings. The lowest BCUT2D eigenvalue weighted by Gasteiger charge is -2.15. The number of anilines is 1. The second-order valence-corrected chi connectivity index (χ2v) is 5.58. The van der Waals surface area contributed by atoms with E-state index in [1.807, 2.05) is 43.3 Å². The summed E-state index contributed by atoms with van der Waals surface area (Å²) in [5.74, 6) is 1.23. The second-order valence-electron chi connectivity index (χ2n) is 4.66. The third-order valence-corrected chi connectivity index (χ3v) is 3.46. The van der Waals surface area contributed by atoms with Gasteiger partial charge in [-0.05, 0) is 62.4 Å². The molecular weight excluding hydrogens is 346 g/mol. The minimum atomic E-state index is -0.590. The fourth-order valence-electron chi connectivity index (χ4n) is 1.82. The zero-order valence-electron chi connectivity index (χ0n) is 12.5. The Bertz CT molecular complexity index is 611. The fourth-order valence-corrected chi connectivity index (χ4v) is 2.08. The van der Waals surface area contributed by atoms with Crippen molar-refractivity contribution in [3.8, 4) is 11.5 Å². The molecule has 22 heavy (non-hydrogen) atoms. The van der Waals surface area contributed by atoms with Crippen LogP contribution in [0.25, 0.3) is 0 Å². The Morgan fingerprint density at radius 2 is 1.68 bits per heavy atom. The van der Waals surface area contributed by atoms with Crippen LogP contribution >= 0.6 is 15.9 Å². The zero-order chi connectivity index (χ0) is 15.9. The SMILES string of the molecule is CCOc1ccc(NC(=O)[C@H](C)Oc2ccc(Br)cc2)cc1. The predicted molar refractivity (Wildman–Crippen MR) is 90.5 cm³/mol. The maximum Gasteiger partial charge on any atom is 0.265 e. The molecule has 1 N–H and O–H groups in total. The van der Waals surface area contributed by atoms with E-state index in [9.17, 15) is 4.79 Å². The molecule has 0 radical (unpaired) electrons. The van der Waals surface area contributed by atoms with Gasteiger partial charge in [-0.3, -0.25) is 4.79 Å². The van der Waals surface area contributed by atoms with Crippen LogP contribution in [0.2, 0.25) is 0 Å². The Morgan fingerprint density at radius 3 is 2.27 bits per heavy atom. The van der Waals surface area contributed by atoms with Gasteiger partial charge in [-0.1, -0.05) is 15.9 Å². The number of amides is 1. The summed E-state index contributed by atoms with van der Waals surface area (Å²) in [5, 5.41) is 2.81. The van der Waals surface area contributed by atoms with Gasteiger partial charge in [0, 0.05) is 10.2 Å². The Morgan fingerprint density at radius 1 is 1.09 bits per heavy atom. The first-order valence-corrected chi connectivity index (χ1v) is 7.83. The molecule has 0 aliphatic heterocycles. The average molecular weight is 364 g/mol. The minimum Gasteiger partial charge on any atom is -0.494 e. The number of hydrogen-bond donors (Lipinski definition) is 1. The number of carbonyl (C=O) groups is 1. The normalized spacial score (nSPS) is 11.6. The van der Waals surface area contributed by atoms with Crippen LogP contribution in [-0.2, 0) is 4.79 Å². The van der Waals surface area contributed by atoms with Gasteiger partial charge < -0.3 is 14.8 Å². The number of hydrogen-bond acceptors (Lipinski definition) is 3. The van der Waals surface area contributed by atoms with Crippen LogP contribution in [0.1, 0.15) is 13.8 Å². The highest BCUT2D eigenvalue weighted by atomic mass is 79.9. The zero-order valence-corrected chi connectivity index (χ0v) is 14.1. The van der Waals surface area contributed by atoms with Crippen LogP contribution in [0.5, 0.6) is 11.5 Å². The summed E-state index contributed by atoms with van der Waals surface area (Å²) >= 11 is 3.36. The largest absolute Gasteiger partial charge is 0.494 e. The van der Waals surface area contributed by atoms with Crippen molar-refractivity contribution in [1.29, 1.82) is 0 Å². The Kier molecular flexibility index (Phi) is 5.83. The van der Waals surface area contributed by atoms with Gasteiger partial charge in [0.05, 0.1) is 6.61 Å². The van der Waals surface area contributed by atoms with E-state index in [4.69, 9.17) is 9.47 Å². The molecule has 0 saturated carbocycles. The van der Waals surface area contributed by atoms with Gasteiger partial charge in [0.15, 0.2) is 6.10 Å². The summed E-state index contributed by atoms with van der Waals surface area (Å²) < 4.78 is 11.9. The third kappa shape index (κ3) is 4.77. The van der Waals surface area contributed by atoms with Crippen LogP contribution in [0.3, 0.4) is 0 Å². The predicted octanol–water partition coefficient (Wildman–Crippen LogP) is 4.25. The van der Waals surface area contributed by atoms with Crippen LogP contribution in [0.15, 0.2) is 53.0 Å². The topological polar surface area (TPSA) is 47.6 Å². The molecule has 0 aliphatic carbocycles. The molecule has 2 rings (SSSR count). The van der Waals surface area contributed by atoms with Gasteiger partial charge >= 0.3 is 0 Å². The molecule has 0 saturated heterocycles. The molecule has 0 spiro atoms. The second kappa shape index (κ2) is 7.84. The van der Waals surface area contributed by atoms with Crippen LogP contribution in [0.4, 0.5) is 5.69 Å². The van der Waals surface area contributed by atoms with Crippen molar-refractivity contribution in [1.82, 2.24) is 0 Å². The van der Waals surface area contributed by atoms with Crippen molar-refractivity contribution in [2.24, 2.45) is 0 Å². The summed E-state index contributed by atoms with van der Waals surface area (Å²) in [6.45, 7) is 4.26. The van der Waals surface area contributed by atoms with Gasteiger partial charge in [-0.25, -0.2) is 0 Å². The number of nitrogens with one attached hydrogen (secondary N) is 1. The molecule has 2 aromatic rings. The van der Waals surface area contributed by atoms with Crippen molar-refractivity contribution in [2.45, 2.75) is 20.0 Å². The third-order valence-electron chi connectivity index (χ3n) is 2.93. The maximum absolute atomic E-state index is 12.1. The Hall–Kier alpha value is -2.01. The smallest absolute Gasteiger partial charge is 0.265 e. The van der Waals surface area contributed by atoms with Crippen molar-refractivity contribution < 1.29 is 14.3 Å². The molecule has 0 fully saturated rings. The Balaban J connectivity index is 1.91. The van der Waals surface area contributed by atoms with Gasteiger partial charge in [0.25, 0.3) is 5.91 Å². The highest BCUT2D eigenvalue weighted by molar-refractivity contribution is 9.10. The van der Waals surface area contributed by atoms with Gasteiger partial charge in [0.2, 0.25) is 0 Å². The highest BCUT2D eigenvalue weighted by Crippen LogP contribution is 2.19. The first kappa shape index (κ1) is 16.4. The van der Waals surface area contributed by atoms with E-state index in [1.54, 1.807) is 19.1 Å². The lowest BCUT2D eigenvalue weighted by molar-refractivity contribution is -0.122. The van der Waals surface area contributed by atoms with Gasteiger partial charge in [-0.2, -0.15) is 0 Å². The lowest BCUT2D eigenvalue weighted by atomic mass is 10.2. The number of benzene rings is 2. The number of rotatable bonds is 6. The van der Waals surface area contributed by atoms with Crippen LogP contribution < -0.4 is 14.8 Å². The van der Waals surface area contributed by atoms with E-state index >= 15 is 0 Å². The van der Waals surface area contributed by atoms with Gasteiger partial charge in [0.1, 0.15) is 11.5 Å². The molecule has 116 valence electrons. The van der Waals surface area contributed by atoms with Crippen LogP contribution in [0, 0.1) is 0 Å². The quantitative estimate of drug-likeness (QED) is 0.834. The van der Waals surface area contributed by atoms with E-state index < -0.39 is 6.10 Å². The van der Waals surface area contributed by atoms with Crippen molar-refractivity contribution >= 4 is 27.5 Å². The van der Waals surface area contributed by atoms with E-state index in [0.717, 1.165) is 10.2 Å². The number of halogens is 1. The fraction of sp³-hybridized carbons (Fsp3) is 0.235. The van der Waals surface area contributed by atoms with Crippen molar-refractivity contribution in [3.05, 3.63) is 53.0 Å². The summed E-state index contributed by atoms with van der Waals surface area (Å²) in [6, 6.07) is 14.6. The van der Waals surface area contributed by atoms with E-state index in [-0.39, 0.29) is 5.91 Å². The molecule has 0 bridgehead atoms. The molecule has 1 amide bonds. The first-order valence-electron chi connectivity index (χ1n) is 7.04. The lowest BCUT2D eigenvalue weighted by Crippen LogP contribution is -2.30. The van der Waals surface area contributed by atoms with E-state index in [0.29, 0.717) is 18.0 Å². The molecule has 2 aromatic carbocycles. The minimum absolute atomic E-state index is 0.202. The van der Waals surface area contributed by atoms with E-state index in [1.165, 1.54) is 0 Å². The monoisotopic (exact) mass is 363 g/mol. The summed E-state index contributed by atoms with van der Waals surface area (Å²) in [5.41, 5.74) is 0.708. The molecule has 0 unspecified atom stereocenters.